The molecule has 0 aromatic heterocycles. The molecule has 2 aromatic rings. The number of likely N-dealkylation sites (tertiary alicyclic amines) is 1. The summed E-state index contributed by atoms with van der Waals surface area (Å²) in [5.74, 6) is 0.365. The second kappa shape index (κ2) is 10.2. The van der Waals surface area contributed by atoms with Gasteiger partial charge in [-0.2, -0.15) is 0 Å². The van der Waals surface area contributed by atoms with E-state index in [2.05, 4.69) is 10.6 Å². The van der Waals surface area contributed by atoms with Crippen LogP contribution < -0.4 is 15.4 Å². The molecule has 1 heterocycles. The summed E-state index contributed by atoms with van der Waals surface area (Å²) >= 11 is 5.25. The third-order valence-corrected chi connectivity index (χ3v) is 4.93. The summed E-state index contributed by atoms with van der Waals surface area (Å²) < 4.78 is 5.62. The molecule has 158 valence electrons. The smallest absolute Gasteiger partial charge is 0.257 e. The Morgan fingerprint density at radius 1 is 1.00 bits per heavy atom. The monoisotopic (exact) mass is 425 g/mol. The zero-order valence-corrected chi connectivity index (χ0v) is 18.1. The first-order valence-corrected chi connectivity index (χ1v) is 10.6. The van der Waals surface area contributed by atoms with Crippen molar-refractivity contribution in [1.82, 2.24) is 10.2 Å². The van der Waals surface area contributed by atoms with Gasteiger partial charge in [-0.1, -0.05) is 6.07 Å². The lowest BCUT2D eigenvalue weighted by Crippen LogP contribution is -2.35. The zero-order valence-electron chi connectivity index (χ0n) is 17.3. The molecular weight excluding hydrogens is 398 g/mol. The maximum absolute atomic E-state index is 12.5. The average Bonchev–Trinajstić information content (AvgIpc) is 2.74. The Morgan fingerprint density at radius 3 is 2.37 bits per heavy atom. The normalized spacial score (nSPS) is 13.6. The summed E-state index contributed by atoms with van der Waals surface area (Å²) in [5.41, 5.74) is 1.81. The molecule has 2 N–H and O–H groups in total. The maximum atomic E-state index is 12.5. The Balaban J connectivity index is 1.55. The van der Waals surface area contributed by atoms with Gasteiger partial charge in [0.25, 0.3) is 11.8 Å². The number of rotatable bonds is 5. The standard InChI is InChI=1S/C23H27N3O3S/c1-16(2)29-20-8-6-7-18(15-20)21(27)25-23(30)24-19-11-9-17(10-12-19)22(28)26-13-4-3-5-14-26/h6-12,15-16H,3-5,13-14H2,1-2H3,(H2,24,25,27,30). The van der Waals surface area contributed by atoms with Crippen LogP contribution in [0.5, 0.6) is 5.75 Å². The number of hydrogen-bond donors (Lipinski definition) is 2. The number of carbonyl (C=O) groups is 2. The van der Waals surface area contributed by atoms with E-state index in [0.29, 0.717) is 22.6 Å². The number of piperidine rings is 1. The van der Waals surface area contributed by atoms with Gasteiger partial charge in [-0.3, -0.25) is 14.9 Å². The van der Waals surface area contributed by atoms with Gasteiger partial charge in [-0.25, -0.2) is 0 Å². The maximum Gasteiger partial charge on any atom is 0.257 e. The number of nitrogens with one attached hydrogen (secondary N) is 2. The van der Waals surface area contributed by atoms with E-state index in [4.69, 9.17) is 17.0 Å². The SMILES string of the molecule is CC(C)Oc1cccc(C(=O)NC(=S)Nc2ccc(C(=O)N3CCCCC3)cc2)c1. The average molecular weight is 426 g/mol. The molecule has 1 aliphatic heterocycles. The fourth-order valence-electron chi connectivity index (χ4n) is 3.30. The summed E-state index contributed by atoms with van der Waals surface area (Å²) in [6.45, 7) is 5.49. The fourth-order valence-corrected chi connectivity index (χ4v) is 3.51. The van der Waals surface area contributed by atoms with E-state index in [1.807, 2.05) is 18.7 Å². The van der Waals surface area contributed by atoms with E-state index in [9.17, 15) is 9.59 Å². The predicted octanol–water partition coefficient (Wildman–Crippen LogP) is 4.23. The molecule has 0 spiro atoms. The van der Waals surface area contributed by atoms with Crippen molar-refractivity contribution in [3.8, 4) is 5.75 Å². The summed E-state index contributed by atoms with van der Waals surface area (Å²) in [6.07, 6.45) is 3.33. The fraction of sp³-hybridized carbons (Fsp3) is 0.348. The molecular formula is C23H27N3O3S. The van der Waals surface area contributed by atoms with Gasteiger partial charge in [0.1, 0.15) is 5.75 Å². The summed E-state index contributed by atoms with van der Waals surface area (Å²) in [5, 5.41) is 5.83. The lowest BCUT2D eigenvalue weighted by molar-refractivity contribution is 0.0724. The number of benzene rings is 2. The Morgan fingerprint density at radius 2 is 1.70 bits per heavy atom. The van der Waals surface area contributed by atoms with Crippen molar-refractivity contribution in [3.05, 3.63) is 59.7 Å². The van der Waals surface area contributed by atoms with Crippen LogP contribution in [0.15, 0.2) is 48.5 Å². The number of hydrogen-bond acceptors (Lipinski definition) is 4. The first-order chi connectivity index (χ1) is 14.4. The molecule has 1 aliphatic rings. The molecule has 0 unspecified atom stereocenters. The molecule has 2 amide bonds. The third-order valence-electron chi connectivity index (χ3n) is 4.73. The Hall–Kier alpha value is -2.93. The highest BCUT2D eigenvalue weighted by atomic mass is 32.1. The first-order valence-electron chi connectivity index (χ1n) is 10.2. The largest absolute Gasteiger partial charge is 0.491 e. The Bertz CT molecular complexity index is 906. The van der Waals surface area contributed by atoms with Gasteiger partial charge >= 0.3 is 0 Å². The molecule has 0 radical (unpaired) electrons. The number of ether oxygens (including phenoxy) is 1. The second-order valence-electron chi connectivity index (χ2n) is 7.53. The summed E-state index contributed by atoms with van der Waals surface area (Å²) in [6, 6.07) is 14.1. The van der Waals surface area contributed by atoms with Gasteiger partial charge in [-0.05, 0) is 87.8 Å². The van der Waals surface area contributed by atoms with Crippen molar-refractivity contribution in [1.29, 1.82) is 0 Å². The zero-order chi connectivity index (χ0) is 21.5. The van der Waals surface area contributed by atoms with E-state index < -0.39 is 0 Å². The van der Waals surface area contributed by atoms with Crippen molar-refractivity contribution >= 4 is 34.8 Å². The van der Waals surface area contributed by atoms with Crippen LogP contribution in [0.1, 0.15) is 53.8 Å². The van der Waals surface area contributed by atoms with Crippen molar-refractivity contribution < 1.29 is 14.3 Å². The van der Waals surface area contributed by atoms with Crippen molar-refractivity contribution in [2.75, 3.05) is 18.4 Å². The molecule has 0 saturated carbocycles. The highest BCUT2D eigenvalue weighted by Crippen LogP contribution is 2.17. The number of carbonyl (C=O) groups excluding carboxylic acids is 2. The molecule has 6 nitrogen and oxygen atoms in total. The molecule has 1 fully saturated rings. The van der Waals surface area contributed by atoms with E-state index >= 15 is 0 Å². The predicted molar refractivity (Wildman–Crippen MR) is 122 cm³/mol. The molecule has 7 heteroatoms. The minimum absolute atomic E-state index is 0.0239. The van der Waals surface area contributed by atoms with E-state index in [-0.39, 0.29) is 23.0 Å². The lowest BCUT2D eigenvalue weighted by Gasteiger charge is -2.26. The molecule has 30 heavy (non-hydrogen) atoms. The summed E-state index contributed by atoms with van der Waals surface area (Å²) in [4.78, 5) is 26.9. The number of anilines is 1. The Labute approximate surface area is 182 Å². The molecule has 2 aromatic carbocycles. The van der Waals surface area contributed by atoms with Gasteiger partial charge in [0, 0.05) is 29.9 Å². The third kappa shape index (κ3) is 6.03. The van der Waals surface area contributed by atoms with E-state index in [1.165, 1.54) is 6.42 Å². The van der Waals surface area contributed by atoms with Gasteiger partial charge in [-0.15, -0.1) is 0 Å². The van der Waals surface area contributed by atoms with Crippen LogP contribution in [0.25, 0.3) is 0 Å². The first kappa shape index (κ1) is 21.8. The van der Waals surface area contributed by atoms with Gasteiger partial charge < -0.3 is 15.0 Å². The second-order valence-corrected chi connectivity index (χ2v) is 7.94. The lowest BCUT2D eigenvalue weighted by atomic mass is 10.1. The van der Waals surface area contributed by atoms with E-state index in [1.54, 1.807) is 48.5 Å². The van der Waals surface area contributed by atoms with Gasteiger partial charge in [0.05, 0.1) is 6.10 Å². The van der Waals surface area contributed by atoms with E-state index in [0.717, 1.165) is 25.9 Å². The molecule has 0 atom stereocenters. The van der Waals surface area contributed by atoms with Crippen LogP contribution in [0.2, 0.25) is 0 Å². The molecule has 3 rings (SSSR count). The number of nitrogens with zero attached hydrogens (tertiary/aromatic N) is 1. The van der Waals surface area contributed by atoms with Crippen LogP contribution in [-0.2, 0) is 0 Å². The topological polar surface area (TPSA) is 70.7 Å². The molecule has 0 aliphatic carbocycles. The molecule has 1 saturated heterocycles. The van der Waals surface area contributed by atoms with Crippen LogP contribution in [0.3, 0.4) is 0 Å². The van der Waals surface area contributed by atoms with Crippen molar-refractivity contribution in [2.24, 2.45) is 0 Å². The Kier molecular flexibility index (Phi) is 7.41. The van der Waals surface area contributed by atoms with Crippen LogP contribution in [0, 0.1) is 0 Å². The van der Waals surface area contributed by atoms with Crippen LogP contribution in [0.4, 0.5) is 5.69 Å². The quantitative estimate of drug-likeness (QED) is 0.702. The highest BCUT2D eigenvalue weighted by Gasteiger charge is 2.18. The number of thiocarbonyl (C=S) groups is 1. The number of amides is 2. The van der Waals surface area contributed by atoms with Crippen LogP contribution >= 0.6 is 12.2 Å². The van der Waals surface area contributed by atoms with Crippen molar-refractivity contribution in [3.63, 3.8) is 0 Å². The van der Waals surface area contributed by atoms with Gasteiger partial charge in [0.15, 0.2) is 5.11 Å². The van der Waals surface area contributed by atoms with Crippen molar-refractivity contribution in [2.45, 2.75) is 39.2 Å². The summed E-state index contributed by atoms with van der Waals surface area (Å²) in [7, 11) is 0. The van der Waals surface area contributed by atoms with Crippen LogP contribution in [-0.4, -0.2) is 41.0 Å². The van der Waals surface area contributed by atoms with Gasteiger partial charge in [0.2, 0.25) is 0 Å². The molecule has 0 bridgehead atoms. The highest BCUT2D eigenvalue weighted by molar-refractivity contribution is 7.80. The minimum atomic E-state index is -0.321. The minimum Gasteiger partial charge on any atom is -0.491 e.